The van der Waals surface area contributed by atoms with E-state index in [0.717, 1.165) is 35.4 Å². The molecule has 0 saturated carbocycles. The number of fused-ring (bicyclic) bond motifs is 1. The van der Waals surface area contributed by atoms with E-state index in [1.807, 2.05) is 30.3 Å². The smallest absolute Gasteiger partial charge is 0.147 e. The molecule has 1 heterocycles. The van der Waals surface area contributed by atoms with E-state index < -0.39 is 0 Å². The third-order valence-electron chi connectivity index (χ3n) is 4.14. The van der Waals surface area contributed by atoms with Crippen molar-refractivity contribution in [2.75, 3.05) is 0 Å². The summed E-state index contributed by atoms with van der Waals surface area (Å²) in [4.78, 5) is 3.45. The average Bonchev–Trinajstić information content (AvgIpc) is 2.97. The second-order valence-electron chi connectivity index (χ2n) is 7.55. The molecule has 0 aliphatic rings. The molecule has 0 fully saturated rings. The van der Waals surface area contributed by atoms with Crippen LogP contribution in [-0.2, 0) is 0 Å². The highest BCUT2D eigenvalue weighted by Crippen LogP contribution is 2.28. The quantitative estimate of drug-likeness (QED) is 0.624. The molecule has 3 nitrogen and oxygen atoms in total. The number of aromatic nitrogens is 1. The SMILES string of the molecule is CC(C)(C)CCC(N)Oc1cccc(-c2cc3ccccc3[nH]2)c1. The summed E-state index contributed by atoms with van der Waals surface area (Å²) in [6.07, 6.45) is 1.61. The molecule has 0 amide bonds. The van der Waals surface area contributed by atoms with E-state index in [1.54, 1.807) is 0 Å². The number of H-pyrrole nitrogens is 1. The highest BCUT2D eigenvalue weighted by molar-refractivity contribution is 5.85. The summed E-state index contributed by atoms with van der Waals surface area (Å²) in [5, 5.41) is 1.21. The molecule has 1 aromatic heterocycles. The minimum absolute atomic E-state index is 0.271. The zero-order valence-electron chi connectivity index (χ0n) is 14.7. The summed E-state index contributed by atoms with van der Waals surface area (Å²) in [6.45, 7) is 6.66. The Hall–Kier alpha value is -2.26. The van der Waals surface area contributed by atoms with Crippen LogP contribution in [0.15, 0.2) is 54.6 Å². The van der Waals surface area contributed by atoms with Crippen LogP contribution in [0.4, 0.5) is 0 Å². The summed E-state index contributed by atoms with van der Waals surface area (Å²) in [6, 6.07) is 18.5. The number of para-hydroxylation sites is 1. The van der Waals surface area contributed by atoms with Gasteiger partial charge in [0.05, 0.1) is 0 Å². The van der Waals surface area contributed by atoms with Crippen molar-refractivity contribution in [3.05, 3.63) is 54.6 Å². The first kappa shape index (κ1) is 16.6. The second-order valence-corrected chi connectivity index (χ2v) is 7.55. The molecule has 0 bridgehead atoms. The molecular weight excluding hydrogens is 296 g/mol. The highest BCUT2D eigenvalue weighted by atomic mass is 16.5. The van der Waals surface area contributed by atoms with Gasteiger partial charge in [-0.2, -0.15) is 0 Å². The topological polar surface area (TPSA) is 51.0 Å². The maximum atomic E-state index is 6.13. The maximum absolute atomic E-state index is 6.13. The normalized spacial score (nSPS) is 13.2. The van der Waals surface area contributed by atoms with Crippen molar-refractivity contribution in [3.63, 3.8) is 0 Å². The third kappa shape index (κ3) is 4.18. The van der Waals surface area contributed by atoms with Crippen molar-refractivity contribution < 1.29 is 4.74 Å². The number of ether oxygens (including phenoxy) is 1. The summed E-state index contributed by atoms with van der Waals surface area (Å²) in [7, 11) is 0. The van der Waals surface area contributed by atoms with Crippen LogP contribution in [0.3, 0.4) is 0 Å². The first-order valence-electron chi connectivity index (χ1n) is 8.51. The molecule has 1 unspecified atom stereocenters. The Labute approximate surface area is 143 Å². The number of benzene rings is 2. The lowest BCUT2D eigenvalue weighted by Gasteiger charge is -2.21. The number of aromatic amines is 1. The van der Waals surface area contributed by atoms with Gasteiger partial charge in [0.1, 0.15) is 12.0 Å². The van der Waals surface area contributed by atoms with Crippen LogP contribution in [0, 0.1) is 5.41 Å². The minimum atomic E-state index is -0.276. The van der Waals surface area contributed by atoms with Crippen LogP contribution in [-0.4, -0.2) is 11.2 Å². The predicted octanol–water partition coefficient (Wildman–Crippen LogP) is 5.32. The van der Waals surface area contributed by atoms with Crippen LogP contribution >= 0.6 is 0 Å². The van der Waals surface area contributed by atoms with E-state index in [2.05, 4.69) is 50.0 Å². The minimum Gasteiger partial charge on any atom is -0.476 e. The Morgan fingerprint density at radius 2 is 1.83 bits per heavy atom. The summed E-state index contributed by atoms with van der Waals surface area (Å²) >= 11 is 0. The molecule has 3 rings (SSSR count). The first-order valence-corrected chi connectivity index (χ1v) is 8.51. The number of rotatable bonds is 5. The molecule has 0 radical (unpaired) electrons. The second kappa shape index (κ2) is 6.70. The number of nitrogens with two attached hydrogens (primary N) is 1. The summed E-state index contributed by atoms with van der Waals surface area (Å²) < 4.78 is 5.91. The Kier molecular flexibility index (Phi) is 4.63. The standard InChI is InChI=1S/C21H26N2O/c1-21(2,3)12-11-20(22)24-17-9-6-8-15(13-17)19-14-16-7-4-5-10-18(16)23-19/h4-10,13-14,20,23H,11-12,22H2,1-3H3. The Morgan fingerprint density at radius 1 is 1.04 bits per heavy atom. The largest absolute Gasteiger partial charge is 0.476 e. The van der Waals surface area contributed by atoms with Crippen molar-refractivity contribution in [1.29, 1.82) is 0 Å². The van der Waals surface area contributed by atoms with Crippen LogP contribution < -0.4 is 10.5 Å². The van der Waals surface area contributed by atoms with E-state index in [1.165, 1.54) is 5.39 Å². The zero-order chi connectivity index (χ0) is 17.2. The van der Waals surface area contributed by atoms with Gasteiger partial charge < -0.3 is 9.72 Å². The summed E-state index contributed by atoms with van der Waals surface area (Å²) in [5.41, 5.74) is 9.73. The van der Waals surface area contributed by atoms with Crippen LogP contribution in [0.2, 0.25) is 0 Å². The molecule has 0 aliphatic carbocycles. The number of hydrogen-bond acceptors (Lipinski definition) is 2. The van der Waals surface area contributed by atoms with Gasteiger partial charge in [0.25, 0.3) is 0 Å². The van der Waals surface area contributed by atoms with Crippen molar-refractivity contribution in [2.45, 2.75) is 39.8 Å². The third-order valence-corrected chi connectivity index (χ3v) is 4.14. The van der Waals surface area contributed by atoms with Crippen LogP contribution in [0.25, 0.3) is 22.2 Å². The lowest BCUT2D eigenvalue weighted by molar-refractivity contribution is 0.176. The van der Waals surface area contributed by atoms with Gasteiger partial charge in [-0.15, -0.1) is 0 Å². The Bertz CT molecular complexity index is 781. The number of nitrogens with one attached hydrogen (secondary N) is 1. The molecule has 126 valence electrons. The molecule has 24 heavy (non-hydrogen) atoms. The van der Waals surface area contributed by atoms with Crippen molar-refractivity contribution >= 4 is 10.9 Å². The fourth-order valence-corrected chi connectivity index (χ4v) is 2.77. The van der Waals surface area contributed by atoms with Gasteiger partial charge in [-0.25, -0.2) is 0 Å². The van der Waals surface area contributed by atoms with Crippen LogP contribution in [0.5, 0.6) is 5.75 Å². The number of hydrogen-bond donors (Lipinski definition) is 2. The van der Waals surface area contributed by atoms with Crippen LogP contribution in [0.1, 0.15) is 33.6 Å². The Morgan fingerprint density at radius 3 is 2.58 bits per heavy atom. The van der Waals surface area contributed by atoms with Gasteiger partial charge in [-0.3, -0.25) is 5.73 Å². The molecule has 3 N–H and O–H groups in total. The highest BCUT2D eigenvalue weighted by Gasteiger charge is 2.14. The fraction of sp³-hybridized carbons (Fsp3) is 0.333. The van der Waals surface area contributed by atoms with Gasteiger partial charge in [0, 0.05) is 22.2 Å². The van der Waals surface area contributed by atoms with Crippen molar-refractivity contribution in [1.82, 2.24) is 4.98 Å². The molecule has 2 aromatic carbocycles. The first-order chi connectivity index (χ1) is 11.4. The zero-order valence-corrected chi connectivity index (χ0v) is 14.7. The van der Waals surface area contributed by atoms with E-state index in [4.69, 9.17) is 10.5 Å². The van der Waals surface area contributed by atoms with E-state index in [-0.39, 0.29) is 11.6 Å². The molecule has 3 aromatic rings. The molecule has 1 atom stereocenters. The molecule has 3 heteroatoms. The predicted molar refractivity (Wildman–Crippen MR) is 101 cm³/mol. The molecule has 0 spiro atoms. The summed E-state index contributed by atoms with van der Waals surface area (Å²) in [5.74, 6) is 0.813. The van der Waals surface area contributed by atoms with E-state index in [9.17, 15) is 0 Å². The van der Waals surface area contributed by atoms with Gasteiger partial charge in [0.15, 0.2) is 0 Å². The lowest BCUT2D eigenvalue weighted by Crippen LogP contribution is -2.28. The average molecular weight is 322 g/mol. The van der Waals surface area contributed by atoms with Gasteiger partial charge in [-0.1, -0.05) is 51.1 Å². The molecule has 0 aliphatic heterocycles. The maximum Gasteiger partial charge on any atom is 0.147 e. The van der Waals surface area contributed by atoms with Gasteiger partial charge in [-0.05, 0) is 42.5 Å². The Balaban J connectivity index is 1.74. The van der Waals surface area contributed by atoms with Crippen molar-refractivity contribution in [3.8, 4) is 17.0 Å². The van der Waals surface area contributed by atoms with Gasteiger partial charge >= 0.3 is 0 Å². The van der Waals surface area contributed by atoms with Gasteiger partial charge in [0.2, 0.25) is 0 Å². The van der Waals surface area contributed by atoms with E-state index >= 15 is 0 Å². The lowest BCUT2D eigenvalue weighted by atomic mass is 9.90. The fourth-order valence-electron chi connectivity index (χ4n) is 2.77. The molecule has 0 saturated heterocycles. The van der Waals surface area contributed by atoms with E-state index in [0.29, 0.717) is 0 Å². The van der Waals surface area contributed by atoms with Crippen molar-refractivity contribution in [2.24, 2.45) is 11.1 Å². The molecular formula is C21H26N2O. The monoisotopic (exact) mass is 322 g/mol.